The summed E-state index contributed by atoms with van der Waals surface area (Å²) in [6.07, 6.45) is 5.30. The number of amides is 1. The molecular formula is C17H29NO3. The molecule has 0 aromatic heterocycles. The van der Waals surface area contributed by atoms with Crippen molar-refractivity contribution >= 4 is 6.09 Å². The molecule has 4 saturated carbocycles. The fourth-order valence-electron chi connectivity index (χ4n) is 5.16. The number of alkyl carbamates (subject to hydrolysis) is 1. The maximum Gasteiger partial charge on any atom is 0.407 e. The van der Waals surface area contributed by atoms with Gasteiger partial charge in [0, 0.05) is 6.54 Å². The molecule has 4 nitrogen and oxygen atoms in total. The van der Waals surface area contributed by atoms with Crippen LogP contribution in [0.3, 0.4) is 0 Å². The average molecular weight is 295 g/mol. The van der Waals surface area contributed by atoms with Gasteiger partial charge in [-0.3, -0.25) is 0 Å². The number of nitrogens with one attached hydrogen (secondary N) is 1. The van der Waals surface area contributed by atoms with E-state index in [4.69, 9.17) is 4.74 Å². The van der Waals surface area contributed by atoms with Crippen LogP contribution < -0.4 is 5.32 Å². The molecule has 0 aromatic rings. The van der Waals surface area contributed by atoms with Crippen molar-refractivity contribution in [3.8, 4) is 0 Å². The van der Waals surface area contributed by atoms with Crippen molar-refractivity contribution in [2.24, 2.45) is 23.2 Å². The van der Waals surface area contributed by atoms with E-state index in [1.54, 1.807) is 0 Å². The van der Waals surface area contributed by atoms with Crippen LogP contribution in [0.15, 0.2) is 0 Å². The van der Waals surface area contributed by atoms with E-state index >= 15 is 0 Å². The molecule has 0 saturated heterocycles. The fourth-order valence-corrected chi connectivity index (χ4v) is 5.16. The molecule has 0 radical (unpaired) electrons. The van der Waals surface area contributed by atoms with Gasteiger partial charge < -0.3 is 15.2 Å². The molecule has 2 unspecified atom stereocenters. The Morgan fingerprint density at radius 3 is 2.33 bits per heavy atom. The molecule has 2 atom stereocenters. The number of rotatable bonds is 2. The summed E-state index contributed by atoms with van der Waals surface area (Å²) >= 11 is 0. The highest BCUT2D eigenvalue weighted by atomic mass is 16.6. The van der Waals surface area contributed by atoms with Crippen molar-refractivity contribution in [2.45, 2.75) is 71.0 Å². The molecule has 4 rings (SSSR count). The first kappa shape index (κ1) is 15.1. The summed E-state index contributed by atoms with van der Waals surface area (Å²) in [4.78, 5) is 11.9. The second-order valence-corrected chi connectivity index (χ2v) is 8.92. The molecule has 0 heterocycles. The number of ether oxygens (including phenoxy) is 1. The Balaban J connectivity index is 1.63. The zero-order valence-corrected chi connectivity index (χ0v) is 13.7. The average Bonchev–Trinajstić information content (AvgIpc) is 2.31. The van der Waals surface area contributed by atoms with Crippen molar-refractivity contribution in [3.05, 3.63) is 0 Å². The van der Waals surface area contributed by atoms with E-state index in [0.717, 1.165) is 31.6 Å². The molecule has 4 aliphatic carbocycles. The predicted molar refractivity (Wildman–Crippen MR) is 80.8 cm³/mol. The first-order valence-corrected chi connectivity index (χ1v) is 8.29. The molecule has 0 aromatic carbocycles. The Labute approximate surface area is 127 Å². The molecule has 4 aliphatic rings. The Morgan fingerprint density at radius 1 is 1.24 bits per heavy atom. The van der Waals surface area contributed by atoms with Crippen LogP contribution in [0.1, 0.15) is 59.8 Å². The number of hydrogen-bond donors (Lipinski definition) is 2. The van der Waals surface area contributed by atoms with E-state index in [9.17, 15) is 9.90 Å². The molecule has 120 valence electrons. The molecule has 0 aliphatic heterocycles. The van der Waals surface area contributed by atoms with E-state index < -0.39 is 11.2 Å². The van der Waals surface area contributed by atoms with Crippen LogP contribution in [0.5, 0.6) is 0 Å². The highest BCUT2D eigenvalue weighted by Gasteiger charge is 2.59. The Morgan fingerprint density at radius 2 is 1.81 bits per heavy atom. The first-order valence-electron chi connectivity index (χ1n) is 8.29. The standard InChI is InChI=1S/C17H29NO3/c1-15(2,3)21-14(19)18-10-17-7-11-5-12(8-17)16(4,20)13(6-11)9-17/h11-13,20H,5-10H2,1-4H3,(H,18,19). The quantitative estimate of drug-likeness (QED) is 0.823. The van der Waals surface area contributed by atoms with Gasteiger partial charge in [-0.05, 0) is 83.0 Å². The topological polar surface area (TPSA) is 58.6 Å². The maximum absolute atomic E-state index is 11.9. The molecule has 21 heavy (non-hydrogen) atoms. The van der Waals surface area contributed by atoms with Gasteiger partial charge in [-0.2, -0.15) is 0 Å². The third kappa shape index (κ3) is 2.79. The van der Waals surface area contributed by atoms with Crippen LogP contribution in [0.25, 0.3) is 0 Å². The second-order valence-electron chi connectivity index (χ2n) is 8.92. The number of aliphatic hydroxyl groups is 1. The van der Waals surface area contributed by atoms with Gasteiger partial charge in [0.05, 0.1) is 5.60 Å². The van der Waals surface area contributed by atoms with E-state index in [-0.39, 0.29) is 11.5 Å². The third-order valence-electron chi connectivity index (χ3n) is 5.98. The smallest absolute Gasteiger partial charge is 0.407 e. The molecule has 2 N–H and O–H groups in total. The van der Waals surface area contributed by atoms with Gasteiger partial charge >= 0.3 is 6.09 Å². The fraction of sp³-hybridized carbons (Fsp3) is 0.941. The van der Waals surface area contributed by atoms with Gasteiger partial charge in [0.25, 0.3) is 0 Å². The van der Waals surface area contributed by atoms with Crippen LogP contribution in [0.4, 0.5) is 4.79 Å². The van der Waals surface area contributed by atoms with Gasteiger partial charge in [-0.15, -0.1) is 0 Å². The zero-order chi connectivity index (χ0) is 15.5. The molecule has 4 fully saturated rings. The Hall–Kier alpha value is -0.770. The summed E-state index contributed by atoms with van der Waals surface area (Å²) in [7, 11) is 0. The molecule has 1 amide bonds. The summed E-state index contributed by atoms with van der Waals surface area (Å²) in [5.74, 6) is 1.55. The minimum atomic E-state index is -0.494. The van der Waals surface area contributed by atoms with Crippen molar-refractivity contribution < 1.29 is 14.6 Å². The van der Waals surface area contributed by atoms with Crippen molar-refractivity contribution in [1.29, 1.82) is 0 Å². The van der Waals surface area contributed by atoms with Crippen LogP contribution >= 0.6 is 0 Å². The summed E-state index contributed by atoms with van der Waals surface area (Å²) in [5.41, 5.74) is -0.753. The highest BCUT2D eigenvalue weighted by molar-refractivity contribution is 5.67. The Bertz CT molecular complexity index is 420. The van der Waals surface area contributed by atoms with Crippen LogP contribution in [0, 0.1) is 23.2 Å². The summed E-state index contributed by atoms with van der Waals surface area (Å²) in [6.45, 7) is 8.37. The number of carbonyl (C=O) groups excluding carboxylic acids is 1. The molecule has 0 spiro atoms. The highest BCUT2D eigenvalue weighted by Crippen LogP contribution is 2.63. The second kappa shape index (κ2) is 4.61. The monoisotopic (exact) mass is 295 g/mol. The maximum atomic E-state index is 11.9. The van der Waals surface area contributed by atoms with Gasteiger partial charge in [-0.1, -0.05) is 0 Å². The van der Waals surface area contributed by atoms with Crippen LogP contribution in [0.2, 0.25) is 0 Å². The largest absolute Gasteiger partial charge is 0.444 e. The molecule has 4 bridgehead atoms. The summed E-state index contributed by atoms with van der Waals surface area (Å²) in [5, 5.41) is 13.7. The number of carbonyl (C=O) groups is 1. The van der Waals surface area contributed by atoms with Crippen molar-refractivity contribution in [3.63, 3.8) is 0 Å². The van der Waals surface area contributed by atoms with Gasteiger partial charge in [0.1, 0.15) is 5.60 Å². The minimum absolute atomic E-state index is 0.190. The summed E-state index contributed by atoms with van der Waals surface area (Å²) in [6, 6.07) is 0. The molecule has 4 heteroatoms. The Kier molecular flexibility index (Phi) is 3.32. The van der Waals surface area contributed by atoms with Crippen molar-refractivity contribution in [1.82, 2.24) is 5.32 Å². The molecular weight excluding hydrogens is 266 g/mol. The lowest BCUT2D eigenvalue weighted by atomic mass is 9.45. The van der Waals surface area contributed by atoms with Crippen molar-refractivity contribution in [2.75, 3.05) is 6.54 Å². The van der Waals surface area contributed by atoms with E-state index in [1.807, 2.05) is 27.7 Å². The SMILES string of the molecule is CC(C)(C)OC(=O)NCC12CC3CC(C1)C(C)(O)C(C3)C2. The lowest BCUT2D eigenvalue weighted by Gasteiger charge is -2.62. The van der Waals surface area contributed by atoms with E-state index in [1.165, 1.54) is 6.42 Å². The summed E-state index contributed by atoms with van der Waals surface area (Å²) < 4.78 is 5.34. The lowest BCUT2D eigenvalue weighted by molar-refractivity contribution is -0.190. The zero-order valence-electron chi connectivity index (χ0n) is 13.7. The predicted octanol–water partition coefficient (Wildman–Crippen LogP) is 3.09. The normalized spacial score (nSPS) is 44.7. The van der Waals surface area contributed by atoms with E-state index in [0.29, 0.717) is 18.4 Å². The van der Waals surface area contributed by atoms with Gasteiger partial charge in [0.15, 0.2) is 0 Å². The van der Waals surface area contributed by atoms with Crippen LogP contribution in [-0.2, 0) is 4.74 Å². The van der Waals surface area contributed by atoms with Crippen LogP contribution in [-0.4, -0.2) is 28.9 Å². The van der Waals surface area contributed by atoms with Gasteiger partial charge in [0.2, 0.25) is 0 Å². The minimum Gasteiger partial charge on any atom is -0.444 e. The number of hydrogen-bond acceptors (Lipinski definition) is 3. The van der Waals surface area contributed by atoms with Gasteiger partial charge in [-0.25, -0.2) is 4.79 Å². The third-order valence-corrected chi connectivity index (χ3v) is 5.98. The lowest BCUT2D eigenvalue weighted by Crippen LogP contribution is -2.61. The van der Waals surface area contributed by atoms with E-state index in [2.05, 4.69) is 5.32 Å². The first-order chi connectivity index (χ1) is 9.60.